The maximum absolute atomic E-state index is 13.3. The summed E-state index contributed by atoms with van der Waals surface area (Å²) in [6.07, 6.45) is 0. The Morgan fingerprint density at radius 3 is 2.42 bits per heavy atom. The predicted molar refractivity (Wildman–Crippen MR) is 70.2 cm³/mol. The lowest BCUT2D eigenvalue weighted by molar-refractivity contribution is 0.287. The van der Waals surface area contributed by atoms with Gasteiger partial charge in [-0.15, -0.1) is 0 Å². The minimum absolute atomic E-state index is 0.0969. The van der Waals surface area contributed by atoms with Gasteiger partial charge >= 0.3 is 7.12 Å². The smallest absolute Gasteiger partial charge is 0.423 e. The van der Waals surface area contributed by atoms with Crippen molar-refractivity contribution in [3.63, 3.8) is 0 Å². The Balaban J connectivity index is 2.07. The fraction of sp³-hybridized carbons (Fsp3) is 0.455. The number of benzene rings is 1. The first-order valence-corrected chi connectivity index (χ1v) is 7.76. The largest absolute Gasteiger partial charge is 0.488 e. The third kappa shape index (κ3) is 4.00. The molecule has 1 aliphatic heterocycles. The zero-order valence-electron chi connectivity index (χ0n) is 10.3. The van der Waals surface area contributed by atoms with Crippen LogP contribution >= 0.6 is 0 Å². The van der Waals surface area contributed by atoms with E-state index in [4.69, 9.17) is 10.0 Å². The molecule has 1 saturated heterocycles. The molecule has 8 heteroatoms. The van der Waals surface area contributed by atoms with E-state index in [1.165, 1.54) is 12.1 Å². The third-order valence-electron chi connectivity index (χ3n) is 3.12. The predicted octanol–water partition coefficient (Wildman–Crippen LogP) is -1.26. The highest BCUT2D eigenvalue weighted by atomic mass is 32.2. The van der Waals surface area contributed by atoms with Gasteiger partial charge in [-0.2, -0.15) is 0 Å². The average Bonchev–Trinajstić information content (AvgIpc) is 2.31. The summed E-state index contributed by atoms with van der Waals surface area (Å²) >= 11 is 0. The highest BCUT2D eigenvalue weighted by Gasteiger charge is 2.22. The van der Waals surface area contributed by atoms with Crippen LogP contribution in [-0.4, -0.2) is 55.1 Å². The SMILES string of the molecule is O=S1(=O)CCN(Cc2cc(F)cc(B(O)O)c2)CC1. The molecule has 0 saturated carbocycles. The Labute approximate surface area is 111 Å². The summed E-state index contributed by atoms with van der Waals surface area (Å²) < 4.78 is 35.9. The van der Waals surface area contributed by atoms with E-state index in [1.807, 2.05) is 4.90 Å². The highest BCUT2D eigenvalue weighted by Crippen LogP contribution is 2.10. The van der Waals surface area contributed by atoms with Gasteiger partial charge in [0.1, 0.15) is 5.82 Å². The maximum atomic E-state index is 13.3. The number of halogens is 1. The van der Waals surface area contributed by atoms with Crippen molar-refractivity contribution >= 4 is 22.4 Å². The number of sulfone groups is 1. The summed E-state index contributed by atoms with van der Waals surface area (Å²) in [4.78, 5) is 1.91. The molecule has 0 atom stereocenters. The molecule has 0 aliphatic carbocycles. The summed E-state index contributed by atoms with van der Waals surface area (Å²) in [5, 5.41) is 18.1. The van der Waals surface area contributed by atoms with E-state index < -0.39 is 22.8 Å². The van der Waals surface area contributed by atoms with Gasteiger partial charge in [0.15, 0.2) is 9.84 Å². The Kier molecular flexibility index (Phi) is 4.24. The summed E-state index contributed by atoms with van der Waals surface area (Å²) in [6.45, 7) is 1.22. The molecule has 0 amide bonds. The van der Waals surface area contributed by atoms with Crippen LogP contribution < -0.4 is 5.46 Å². The van der Waals surface area contributed by atoms with Crippen LogP contribution in [0.25, 0.3) is 0 Å². The molecule has 104 valence electrons. The molecule has 0 aromatic heterocycles. The van der Waals surface area contributed by atoms with E-state index in [-0.39, 0.29) is 17.0 Å². The summed E-state index contributed by atoms with van der Waals surface area (Å²) in [5.74, 6) is -0.319. The van der Waals surface area contributed by atoms with Crippen LogP contribution in [0, 0.1) is 5.82 Å². The van der Waals surface area contributed by atoms with Crippen molar-refractivity contribution in [2.24, 2.45) is 0 Å². The second-order valence-corrected chi connectivity index (χ2v) is 7.00. The van der Waals surface area contributed by atoms with Crippen LogP contribution in [0.3, 0.4) is 0 Å². The van der Waals surface area contributed by atoms with E-state index in [0.717, 1.165) is 6.07 Å². The monoisotopic (exact) mass is 287 g/mol. The van der Waals surface area contributed by atoms with Gasteiger partial charge in [-0.1, -0.05) is 6.07 Å². The molecular formula is C11H15BFNO4S. The third-order valence-corrected chi connectivity index (χ3v) is 4.73. The molecule has 0 unspecified atom stereocenters. The summed E-state index contributed by atoms with van der Waals surface area (Å²) in [5.41, 5.74) is 0.696. The van der Waals surface area contributed by atoms with Gasteiger partial charge in [0, 0.05) is 19.6 Å². The Bertz CT molecular complexity index is 550. The van der Waals surface area contributed by atoms with Crippen molar-refractivity contribution in [3.8, 4) is 0 Å². The lowest BCUT2D eigenvalue weighted by Crippen LogP contribution is -2.40. The van der Waals surface area contributed by atoms with Crippen LogP contribution in [0.1, 0.15) is 5.56 Å². The minimum Gasteiger partial charge on any atom is -0.423 e. The van der Waals surface area contributed by atoms with Crippen molar-refractivity contribution in [2.75, 3.05) is 24.6 Å². The van der Waals surface area contributed by atoms with E-state index in [9.17, 15) is 12.8 Å². The van der Waals surface area contributed by atoms with Crippen molar-refractivity contribution < 1.29 is 22.9 Å². The summed E-state index contributed by atoms with van der Waals surface area (Å²) in [6, 6.07) is 3.89. The molecule has 0 radical (unpaired) electrons. The fourth-order valence-corrected chi connectivity index (χ4v) is 3.36. The minimum atomic E-state index is -2.93. The Hall–Kier alpha value is -0.955. The van der Waals surface area contributed by atoms with Gasteiger partial charge in [-0.3, -0.25) is 4.90 Å². The first kappa shape index (κ1) is 14.5. The van der Waals surface area contributed by atoms with Crippen LogP contribution in [-0.2, 0) is 16.4 Å². The molecule has 5 nitrogen and oxygen atoms in total. The second kappa shape index (κ2) is 5.58. The van der Waals surface area contributed by atoms with Crippen molar-refractivity contribution in [3.05, 3.63) is 29.6 Å². The molecule has 19 heavy (non-hydrogen) atoms. The maximum Gasteiger partial charge on any atom is 0.488 e. The molecule has 0 bridgehead atoms. The standard InChI is InChI=1S/C11H15BFNO4S/c13-11-6-9(5-10(7-11)12(15)16)8-14-1-3-19(17,18)4-2-14/h5-7,15-16H,1-4,8H2. The Morgan fingerprint density at radius 2 is 1.84 bits per heavy atom. The Morgan fingerprint density at radius 1 is 1.21 bits per heavy atom. The fourth-order valence-electron chi connectivity index (χ4n) is 2.08. The van der Waals surface area contributed by atoms with Crippen molar-refractivity contribution in [1.29, 1.82) is 0 Å². The van der Waals surface area contributed by atoms with Gasteiger partial charge in [0.2, 0.25) is 0 Å². The number of nitrogens with zero attached hydrogens (tertiary/aromatic N) is 1. The molecule has 1 aliphatic rings. The quantitative estimate of drug-likeness (QED) is 0.678. The number of rotatable bonds is 3. The highest BCUT2D eigenvalue weighted by molar-refractivity contribution is 7.91. The summed E-state index contributed by atoms with van der Waals surface area (Å²) in [7, 11) is -4.65. The van der Waals surface area contributed by atoms with Gasteiger partial charge < -0.3 is 10.0 Å². The van der Waals surface area contributed by atoms with E-state index in [2.05, 4.69) is 0 Å². The van der Waals surface area contributed by atoms with E-state index >= 15 is 0 Å². The van der Waals surface area contributed by atoms with Gasteiger partial charge in [0.25, 0.3) is 0 Å². The van der Waals surface area contributed by atoms with E-state index in [1.54, 1.807) is 0 Å². The molecule has 1 heterocycles. The van der Waals surface area contributed by atoms with Crippen LogP contribution in [0.15, 0.2) is 18.2 Å². The number of hydrogen-bond acceptors (Lipinski definition) is 5. The van der Waals surface area contributed by atoms with E-state index in [0.29, 0.717) is 25.2 Å². The molecule has 1 fully saturated rings. The molecule has 2 N–H and O–H groups in total. The zero-order chi connectivity index (χ0) is 14.0. The topological polar surface area (TPSA) is 77.8 Å². The molecular weight excluding hydrogens is 272 g/mol. The lowest BCUT2D eigenvalue weighted by Gasteiger charge is -2.26. The van der Waals surface area contributed by atoms with Crippen molar-refractivity contribution in [2.45, 2.75) is 6.54 Å². The van der Waals surface area contributed by atoms with Gasteiger partial charge in [-0.05, 0) is 23.2 Å². The van der Waals surface area contributed by atoms with Crippen LogP contribution in [0.2, 0.25) is 0 Å². The first-order valence-electron chi connectivity index (χ1n) is 5.94. The van der Waals surface area contributed by atoms with Crippen molar-refractivity contribution in [1.82, 2.24) is 4.90 Å². The first-order chi connectivity index (χ1) is 8.85. The second-order valence-electron chi connectivity index (χ2n) is 4.69. The molecule has 2 rings (SSSR count). The number of hydrogen-bond donors (Lipinski definition) is 2. The average molecular weight is 287 g/mol. The lowest BCUT2D eigenvalue weighted by atomic mass is 9.79. The van der Waals surface area contributed by atoms with Gasteiger partial charge in [0.05, 0.1) is 11.5 Å². The normalized spacial score (nSPS) is 19.3. The van der Waals surface area contributed by atoms with Crippen LogP contribution in [0.4, 0.5) is 4.39 Å². The van der Waals surface area contributed by atoms with Gasteiger partial charge in [-0.25, -0.2) is 12.8 Å². The zero-order valence-corrected chi connectivity index (χ0v) is 11.1. The molecule has 1 aromatic rings. The molecule has 0 spiro atoms. The molecule has 1 aromatic carbocycles. The van der Waals surface area contributed by atoms with Crippen LogP contribution in [0.5, 0.6) is 0 Å².